The van der Waals surface area contributed by atoms with Gasteiger partial charge in [-0.05, 0) is 40.5 Å². The van der Waals surface area contributed by atoms with E-state index in [2.05, 4.69) is 26.1 Å². The Kier molecular flexibility index (Phi) is 3.96. The van der Waals surface area contributed by atoms with E-state index in [0.717, 1.165) is 11.4 Å². The van der Waals surface area contributed by atoms with Gasteiger partial charge in [-0.1, -0.05) is 6.07 Å². The summed E-state index contributed by atoms with van der Waals surface area (Å²) >= 11 is 3.11. The number of carboxylic acids is 1. The molecule has 22 heavy (non-hydrogen) atoms. The zero-order valence-electron chi connectivity index (χ0n) is 11.8. The van der Waals surface area contributed by atoms with Crippen molar-refractivity contribution in [1.29, 1.82) is 0 Å². The Morgan fingerprint density at radius 2 is 2.27 bits per heavy atom. The number of benzene rings is 1. The van der Waals surface area contributed by atoms with Crippen LogP contribution in [-0.2, 0) is 24.4 Å². The van der Waals surface area contributed by atoms with Gasteiger partial charge in [0.15, 0.2) is 0 Å². The molecule has 6 nitrogen and oxygen atoms in total. The summed E-state index contributed by atoms with van der Waals surface area (Å²) in [7, 11) is 0. The maximum absolute atomic E-state index is 13.6. The van der Waals surface area contributed by atoms with Gasteiger partial charge in [-0.3, -0.25) is 9.69 Å². The zero-order chi connectivity index (χ0) is 15.9. The Bertz CT molecular complexity index is 734. The van der Waals surface area contributed by atoms with Crippen LogP contribution in [-0.4, -0.2) is 36.8 Å². The quantitative estimate of drug-likeness (QED) is 0.896. The lowest BCUT2D eigenvalue weighted by molar-refractivity contribution is -0.145. The van der Waals surface area contributed by atoms with Crippen LogP contribution >= 0.6 is 15.9 Å². The molecule has 116 valence electrons. The van der Waals surface area contributed by atoms with Crippen molar-refractivity contribution in [3.8, 4) is 0 Å². The van der Waals surface area contributed by atoms with Crippen molar-refractivity contribution in [2.24, 2.45) is 0 Å². The van der Waals surface area contributed by atoms with E-state index in [-0.39, 0.29) is 5.82 Å². The Morgan fingerprint density at radius 1 is 1.50 bits per heavy atom. The lowest BCUT2D eigenvalue weighted by atomic mass is 10.1. The second-order valence-corrected chi connectivity index (χ2v) is 6.14. The molecule has 1 atom stereocenters. The zero-order valence-corrected chi connectivity index (χ0v) is 13.4. The number of carbonyl (C=O) groups is 1. The summed E-state index contributed by atoms with van der Waals surface area (Å²) in [6.45, 7) is 2.81. The minimum Gasteiger partial charge on any atom is -0.480 e. The molecule has 0 saturated carbocycles. The number of nitrogens with zero attached hydrogens (tertiary/aromatic N) is 4. The molecule has 0 amide bonds. The average molecular weight is 369 g/mol. The lowest BCUT2D eigenvalue weighted by Crippen LogP contribution is -2.47. The molecule has 1 aliphatic rings. The van der Waals surface area contributed by atoms with Gasteiger partial charge in [0.25, 0.3) is 0 Å². The fourth-order valence-electron chi connectivity index (χ4n) is 2.63. The van der Waals surface area contributed by atoms with Crippen molar-refractivity contribution in [3.05, 3.63) is 45.7 Å². The number of halogens is 2. The number of aromatic nitrogens is 3. The summed E-state index contributed by atoms with van der Waals surface area (Å²) in [6, 6.07) is 4.12. The predicted octanol–water partition coefficient (Wildman–Crippen LogP) is 1.96. The van der Waals surface area contributed by atoms with E-state index in [9.17, 15) is 14.3 Å². The van der Waals surface area contributed by atoms with Crippen LogP contribution in [0, 0.1) is 12.7 Å². The maximum atomic E-state index is 13.6. The summed E-state index contributed by atoms with van der Waals surface area (Å²) in [5, 5.41) is 17.5. The van der Waals surface area contributed by atoms with Crippen molar-refractivity contribution in [1.82, 2.24) is 19.7 Å². The van der Waals surface area contributed by atoms with Gasteiger partial charge in [0.1, 0.15) is 23.5 Å². The molecule has 0 saturated heterocycles. The fourth-order valence-corrected chi connectivity index (χ4v) is 2.88. The first-order valence-corrected chi connectivity index (χ1v) is 7.54. The van der Waals surface area contributed by atoms with Gasteiger partial charge in [0, 0.05) is 6.54 Å². The molecule has 3 rings (SSSR count). The number of carboxylic acid groups (broad SMARTS) is 1. The van der Waals surface area contributed by atoms with Crippen LogP contribution in [0.5, 0.6) is 0 Å². The average Bonchev–Trinajstić information content (AvgIpc) is 2.83. The number of hydrogen-bond donors (Lipinski definition) is 1. The molecule has 2 heterocycles. The second-order valence-electron chi connectivity index (χ2n) is 5.28. The molecule has 2 aromatic rings. The highest BCUT2D eigenvalue weighted by molar-refractivity contribution is 9.10. The molecule has 0 fully saturated rings. The number of aliphatic carboxylic acids is 1. The second kappa shape index (κ2) is 5.77. The van der Waals surface area contributed by atoms with E-state index in [4.69, 9.17) is 0 Å². The molecule has 0 bridgehead atoms. The minimum absolute atomic E-state index is 0.294. The van der Waals surface area contributed by atoms with E-state index >= 15 is 0 Å². The highest BCUT2D eigenvalue weighted by atomic mass is 79.9. The smallest absolute Gasteiger partial charge is 0.322 e. The summed E-state index contributed by atoms with van der Waals surface area (Å²) in [5.41, 5.74) is 0.719. The van der Waals surface area contributed by atoms with Crippen molar-refractivity contribution in [2.45, 2.75) is 32.6 Å². The van der Waals surface area contributed by atoms with Crippen molar-refractivity contribution in [3.63, 3.8) is 0 Å². The van der Waals surface area contributed by atoms with Gasteiger partial charge < -0.3 is 9.67 Å². The molecule has 0 spiro atoms. The lowest BCUT2D eigenvalue weighted by Gasteiger charge is -2.33. The van der Waals surface area contributed by atoms with Gasteiger partial charge in [0.05, 0.1) is 17.6 Å². The third-order valence-corrected chi connectivity index (χ3v) is 4.45. The Morgan fingerprint density at radius 3 is 2.95 bits per heavy atom. The highest BCUT2D eigenvalue weighted by Gasteiger charge is 2.33. The first-order chi connectivity index (χ1) is 10.5. The Balaban J connectivity index is 1.87. The van der Waals surface area contributed by atoms with Gasteiger partial charge >= 0.3 is 5.97 Å². The number of hydrogen-bond acceptors (Lipinski definition) is 4. The van der Waals surface area contributed by atoms with Crippen molar-refractivity contribution in [2.75, 3.05) is 0 Å². The van der Waals surface area contributed by atoms with Crippen molar-refractivity contribution >= 4 is 21.9 Å². The molecule has 0 aliphatic carbocycles. The van der Waals surface area contributed by atoms with Crippen LogP contribution in [0.3, 0.4) is 0 Å². The molecule has 1 aromatic carbocycles. The number of rotatable bonds is 3. The van der Waals surface area contributed by atoms with Crippen LogP contribution in [0.25, 0.3) is 0 Å². The van der Waals surface area contributed by atoms with E-state index in [1.54, 1.807) is 24.0 Å². The largest absolute Gasteiger partial charge is 0.480 e. The third kappa shape index (κ3) is 2.76. The monoisotopic (exact) mass is 368 g/mol. The summed E-state index contributed by atoms with van der Waals surface area (Å²) in [6.07, 6.45) is 0. The van der Waals surface area contributed by atoms with Crippen LogP contribution in [0.4, 0.5) is 4.39 Å². The third-order valence-electron chi connectivity index (χ3n) is 3.81. The molecule has 1 aliphatic heterocycles. The van der Waals surface area contributed by atoms with E-state index in [1.807, 2.05) is 4.57 Å². The van der Waals surface area contributed by atoms with Crippen LogP contribution in [0.15, 0.2) is 22.7 Å². The molecular weight excluding hydrogens is 355 g/mol. The van der Waals surface area contributed by atoms with Gasteiger partial charge in [-0.25, -0.2) is 4.39 Å². The SMILES string of the molecule is Cc1nnc2n1CC(C(=O)O)N(Cc1ccc(Br)c(F)c1)C2. The molecule has 1 N–H and O–H groups in total. The molecule has 1 unspecified atom stereocenters. The van der Waals surface area contributed by atoms with Gasteiger partial charge in [-0.2, -0.15) is 0 Å². The van der Waals surface area contributed by atoms with E-state index < -0.39 is 12.0 Å². The molecule has 8 heteroatoms. The van der Waals surface area contributed by atoms with Gasteiger partial charge in [0.2, 0.25) is 0 Å². The Hall–Kier alpha value is -1.80. The van der Waals surface area contributed by atoms with Crippen LogP contribution < -0.4 is 0 Å². The number of aryl methyl sites for hydroxylation is 1. The molecule has 0 radical (unpaired) electrons. The standard InChI is InChI=1S/C14H14BrFN4O2/c1-8-17-18-13-7-19(12(14(21)22)6-20(8)13)5-9-2-3-10(15)11(16)4-9/h2-4,12H,5-7H2,1H3,(H,21,22). The first-order valence-electron chi connectivity index (χ1n) is 6.75. The predicted molar refractivity (Wildman–Crippen MR) is 79.5 cm³/mol. The van der Waals surface area contributed by atoms with Crippen molar-refractivity contribution < 1.29 is 14.3 Å². The van der Waals surface area contributed by atoms with Crippen LogP contribution in [0.1, 0.15) is 17.2 Å². The van der Waals surface area contributed by atoms with Crippen LogP contribution in [0.2, 0.25) is 0 Å². The first kappa shape index (κ1) is 15.1. The van der Waals surface area contributed by atoms with E-state index in [0.29, 0.717) is 29.9 Å². The summed E-state index contributed by atoms with van der Waals surface area (Å²) < 4.78 is 15.8. The summed E-state index contributed by atoms with van der Waals surface area (Å²) in [5.74, 6) is 0.167. The Labute approximate surface area is 134 Å². The molecular formula is C14H14BrFN4O2. The van der Waals surface area contributed by atoms with E-state index in [1.165, 1.54) is 6.07 Å². The minimum atomic E-state index is -0.906. The maximum Gasteiger partial charge on any atom is 0.322 e. The molecule has 1 aromatic heterocycles. The summed E-state index contributed by atoms with van der Waals surface area (Å²) in [4.78, 5) is 13.3. The topological polar surface area (TPSA) is 71.2 Å². The normalized spacial score (nSPS) is 18.2. The number of fused-ring (bicyclic) bond motifs is 1. The highest BCUT2D eigenvalue weighted by Crippen LogP contribution is 2.22. The fraction of sp³-hybridized carbons (Fsp3) is 0.357. The van der Waals surface area contributed by atoms with Gasteiger partial charge in [-0.15, -0.1) is 10.2 Å².